The minimum Gasteiger partial charge on any atom is -0.496 e. The van der Waals surface area contributed by atoms with E-state index in [-0.39, 0.29) is 18.3 Å². The Morgan fingerprint density at radius 3 is 2.48 bits per heavy atom. The highest BCUT2D eigenvalue weighted by atomic mass is 16.5. The van der Waals surface area contributed by atoms with Gasteiger partial charge < -0.3 is 9.47 Å². The van der Waals surface area contributed by atoms with Crippen molar-refractivity contribution in [2.75, 3.05) is 27.3 Å². The second kappa shape index (κ2) is 8.42. The summed E-state index contributed by atoms with van der Waals surface area (Å²) >= 11 is 0. The summed E-state index contributed by atoms with van der Waals surface area (Å²) in [5, 5.41) is 0. The summed E-state index contributed by atoms with van der Waals surface area (Å²) in [7, 11) is 2.97. The molecule has 0 fully saturated rings. The zero-order chi connectivity index (χ0) is 15.8. The van der Waals surface area contributed by atoms with E-state index in [2.05, 4.69) is 0 Å². The molecule has 0 radical (unpaired) electrons. The normalized spacial score (nSPS) is 10.5. The molecule has 0 aromatic heterocycles. The maximum Gasteiger partial charge on any atom is 0.319 e. The molecule has 0 aliphatic carbocycles. The van der Waals surface area contributed by atoms with Crippen molar-refractivity contribution in [1.82, 2.24) is 4.90 Å². The average Bonchev–Trinajstić information content (AvgIpc) is 2.47. The van der Waals surface area contributed by atoms with E-state index < -0.39 is 0 Å². The Hall–Kier alpha value is -1.88. The van der Waals surface area contributed by atoms with Gasteiger partial charge in [-0.1, -0.05) is 6.92 Å². The van der Waals surface area contributed by atoms with Gasteiger partial charge in [0.05, 0.1) is 20.8 Å². The van der Waals surface area contributed by atoms with Crippen LogP contribution < -0.4 is 4.74 Å². The third kappa shape index (κ3) is 5.19. The molecule has 0 amide bonds. The van der Waals surface area contributed by atoms with Gasteiger partial charge in [-0.25, -0.2) is 0 Å². The van der Waals surface area contributed by atoms with E-state index in [1.54, 1.807) is 19.2 Å². The lowest BCUT2D eigenvalue weighted by Gasteiger charge is -2.21. The zero-order valence-electron chi connectivity index (χ0n) is 13.1. The van der Waals surface area contributed by atoms with Gasteiger partial charge in [0, 0.05) is 17.7 Å². The predicted octanol–water partition coefficient (Wildman–Crippen LogP) is 2.28. The van der Waals surface area contributed by atoms with Crippen molar-refractivity contribution < 1.29 is 19.1 Å². The summed E-state index contributed by atoms with van der Waals surface area (Å²) in [5.41, 5.74) is 1.53. The molecule has 0 saturated heterocycles. The minimum atomic E-state index is -0.273. The van der Waals surface area contributed by atoms with E-state index in [1.807, 2.05) is 17.9 Å². The Morgan fingerprint density at radius 1 is 1.24 bits per heavy atom. The van der Waals surface area contributed by atoms with Crippen LogP contribution >= 0.6 is 0 Å². The summed E-state index contributed by atoms with van der Waals surface area (Å²) in [4.78, 5) is 25.0. The number of Topliss-reactive ketones (excluding diaryl/α,β-unsaturated/α-hetero) is 1. The molecule has 0 unspecified atom stereocenters. The Labute approximate surface area is 125 Å². The van der Waals surface area contributed by atoms with Crippen molar-refractivity contribution in [3.05, 3.63) is 29.3 Å². The van der Waals surface area contributed by atoms with Gasteiger partial charge in [0.15, 0.2) is 5.78 Å². The lowest BCUT2D eigenvalue weighted by Crippen LogP contribution is -2.31. The first-order valence-electron chi connectivity index (χ1n) is 6.98. The molecular formula is C16H23NO4. The van der Waals surface area contributed by atoms with Crippen LogP contribution in [-0.2, 0) is 16.1 Å². The molecule has 21 heavy (non-hydrogen) atoms. The SMILES string of the molecule is CCCN(CC(=O)OC)Cc1cc(C(C)=O)ccc1OC. The molecule has 0 heterocycles. The quantitative estimate of drug-likeness (QED) is 0.543. The summed E-state index contributed by atoms with van der Waals surface area (Å²) < 4.78 is 10.1. The van der Waals surface area contributed by atoms with Gasteiger partial charge in [-0.05, 0) is 38.1 Å². The van der Waals surface area contributed by atoms with Crippen molar-refractivity contribution >= 4 is 11.8 Å². The Balaban J connectivity index is 2.97. The lowest BCUT2D eigenvalue weighted by atomic mass is 10.1. The Morgan fingerprint density at radius 2 is 1.95 bits per heavy atom. The number of methoxy groups -OCH3 is 2. The van der Waals surface area contributed by atoms with Crippen molar-refractivity contribution in [3.8, 4) is 5.75 Å². The largest absolute Gasteiger partial charge is 0.496 e. The molecule has 1 aromatic rings. The van der Waals surface area contributed by atoms with E-state index in [4.69, 9.17) is 9.47 Å². The molecular weight excluding hydrogens is 270 g/mol. The topological polar surface area (TPSA) is 55.8 Å². The van der Waals surface area contributed by atoms with Gasteiger partial charge in [-0.3, -0.25) is 14.5 Å². The lowest BCUT2D eigenvalue weighted by molar-refractivity contribution is -0.142. The smallest absolute Gasteiger partial charge is 0.319 e. The molecule has 0 saturated carbocycles. The fraction of sp³-hybridized carbons (Fsp3) is 0.500. The molecule has 0 N–H and O–H groups in total. The summed E-state index contributed by atoms with van der Waals surface area (Å²) in [6, 6.07) is 5.35. The van der Waals surface area contributed by atoms with Crippen LogP contribution in [0.5, 0.6) is 5.75 Å². The number of hydrogen-bond donors (Lipinski definition) is 0. The van der Waals surface area contributed by atoms with E-state index in [0.29, 0.717) is 17.9 Å². The van der Waals surface area contributed by atoms with E-state index in [9.17, 15) is 9.59 Å². The average molecular weight is 293 g/mol. The van der Waals surface area contributed by atoms with E-state index >= 15 is 0 Å². The highest BCUT2D eigenvalue weighted by Crippen LogP contribution is 2.22. The van der Waals surface area contributed by atoms with Crippen LogP contribution in [-0.4, -0.2) is 44.0 Å². The monoisotopic (exact) mass is 293 g/mol. The first-order chi connectivity index (χ1) is 10.0. The first-order valence-corrected chi connectivity index (χ1v) is 6.98. The van der Waals surface area contributed by atoms with Crippen LogP contribution in [0.3, 0.4) is 0 Å². The number of ketones is 1. The Kier molecular flexibility index (Phi) is 6.88. The molecule has 0 atom stereocenters. The first kappa shape index (κ1) is 17.2. The van der Waals surface area contributed by atoms with Crippen LogP contribution in [0.2, 0.25) is 0 Å². The van der Waals surface area contributed by atoms with Crippen molar-refractivity contribution in [1.29, 1.82) is 0 Å². The molecule has 116 valence electrons. The number of benzene rings is 1. The van der Waals surface area contributed by atoms with Crippen LogP contribution in [0.15, 0.2) is 18.2 Å². The number of nitrogens with zero attached hydrogens (tertiary/aromatic N) is 1. The molecule has 1 rings (SSSR count). The summed E-state index contributed by atoms with van der Waals surface area (Å²) in [6.45, 7) is 5.10. The number of carbonyl (C=O) groups is 2. The van der Waals surface area contributed by atoms with Crippen LogP contribution in [0, 0.1) is 0 Å². The van der Waals surface area contributed by atoms with Gasteiger partial charge in [-0.15, -0.1) is 0 Å². The van der Waals surface area contributed by atoms with Crippen LogP contribution in [0.4, 0.5) is 0 Å². The van der Waals surface area contributed by atoms with Gasteiger partial charge in [0.2, 0.25) is 0 Å². The van der Waals surface area contributed by atoms with Crippen LogP contribution in [0.25, 0.3) is 0 Å². The van der Waals surface area contributed by atoms with Crippen molar-refractivity contribution in [3.63, 3.8) is 0 Å². The highest BCUT2D eigenvalue weighted by molar-refractivity contribution is 5.94. The van der Waals surface area contributed by atoms with Gasteiger partial charge in [0.1, 0.15) is 5.75 Å². The van der Waals surface area contributed by atoms with Gasteiger partial charge in [-0.2, -0.15) is 0 Å². The molecule has 0 aliphatic rings. The fourth-order valence-corrected chi connectivity index (χ4v) is 2.14. The molecule has 0 aliphatic heterocycles. The molecule has 5 nitrogen and oxygen atoms in total. The van der Waals surface area contributed by atoms with Gasteiger partial charge in [0.25, 0.3) is 0 Å². The minimum absolute atomic E-state index is 0.00825. The van der Waals surface area contributed by atoms with E-state index in [1.165, 1.54) is 14.0 Å². The summed E-state index contributed by atoms with van der Waals surface area (Å²) in [5.74, 6) is 0.449. The summed E-state index contributed by atoms with van der Waals surface area (Å²) in [6.07, 6.45) is 0.922. The predicted molar refractivity (Wildman–Crippen MR) is 80.6 cm³/mol. The van der Waals surface area contributed by atoms with E-state index in [0.717, 1.165) is 18.5 Å². The highest BCUT2D eigenvalue weighted by Gasteiger charge is 2.14. The second-order valence-corrected chi connectivity index (χ2v) is 4.87. The number of carbonyl (C=O) groups excluding carboxylic acids is 2. The maximum atomic E-state index is 11.5. The molecule has 1 aromatic carbocycles. The van der Waals surface area contributed by atoms with Crippen molar-refractivity contribution in [2.45, 2.75) is 26.8 Å². The third-order valence-corrected chi connectivity index (χ3v) is 3.20. The van der Waals surface area contributed by atoms with Gasteiger partial charge >= 0.3 is 5.97 Å². The zero-order valence-corrected chi connectivity index (χ0v) is 13.1. The van der Waals surface area contributed by atoms with Crippen molar-refractivity contribution in [2.24, 2.45) is 0 Å². The maximum absolute atomic E-state index is 11.5. The standard InChI is InChI=1S/C16H23NO4/c1-5-8-17(11-16(19)21-4)10-14-9-13(12(2)18)6-7-15(14)20-3/h6-7,9H,5,8,10-11H2,1-4H3. The number of esters is 1. The van der Waals surface area contributed by atoms with Crippen LogP contribution in [0.1, 0.15) is 36.2 Å². The number of hydrogen-bond acceptors (Lipinski definition) is 5. The third-order valence-electron chi connectivity index (χ3n) is 3.20. The number of ether oxygens (including phenoxy) is 2. The molecule has 5 heteroatoms. The molecule has 0 spiro atoms. The second-order valence-electron chi connectivity index (χ2n) is 4.87. The molecule has 0 bridgehead atoms. The fourth-order valence-electron chi connectivity index (χ4n) is 2.14. The Bertz CT molecular complexity index is 499. The number of rotatable bonds is 8.